The fraction of sp³-hybridized carbons (Fsp3) is 0.400. The van der Waals surface area contributed by atoms with E-state index < -0.39 is 24.3 Å². The summed E-state index contributed by atoms with van der Waals surface area (Å²) in [5.74, 6) is -0.310. The molecule has 2 fully saturated rings. The van der Waals surface area contributed by atoms with Gasteiger partial charge in [0.25, 0.3) is 0 Å². The van der Waals surface area contributed by atoms with Crippen LogP contribution in [0.3, 0.4) is 0 Å². The minimum atomic E-state index is -1.18. The first-order chi connectivity index (χ1) is 16.5. The van der Waals surface area contributed by atoms with Gasteiger partial charge in [-0.25, -0.2) is 9.59 Å². The van der Waals surface area contributed by atoms with Crippen LogP contribution < -0.4 is 5.32 Å². The lowest BCUT2D eigenvalue weighted by Gasteiger charge is -2.31. The van der Waals surface area contributed by atoms with Gasteiger partial charge < -0.3 is 24.8 Å². The van der Waals surface area contributed by atoms with E-state index >= 15 is 0 Å². The van der Waals surface area contributed by atoms with Gasteiger partial charge in [0, 0.05) is 25.6 Å². The number of hydrogen-bond acceptors (Lipinski definition) is 5. The van der Waals surface area contributed by atoms with Crippen LogP contribution in [0, 0.1) is 0 Å². The molecule has 2 atom stereocenters. The Balaban J connectivity index is 1.21. The number of rotatable bonds is 4. The van der Waals surface area contributed by atoms with Gasteiger partial charge in [-0.2, -0.15) is 0 Å². The number of nitrogens with zero attached hydrogens (tertiary/aromatic N) is 2. The molecule has 2 aromatic carbocycles. The average molecular weight is 466 g/mol. The Hall–Kier alpha value is -3.59. The monoisotopic (exact) mass is 465 g/mol. The summed E-state index contributed by atoms with van der Waals surface area (Å²) in [4.78, 5) is 40.0. The van der Waals surface area contributed by atoms with Crippen LogP contribution >= 0.6 is 0 Å². The molecule has 2 N–H and O–H groups in total. The molecule has 9 heteroatoms. The van der Waals surface area contributed by atoms with Gasteiger partial charge in [0.05, 0.1) is 19.3 Å². The SMILES string of the molecule is O=C(N[C@H]1C[C@@H](C(=O)N2CCOCC2)N(C(=O)O)C1)OCC1c2ccccc2-c2ccccc21. The molecule has 2 aliphatic heterocycles. The smallest absolute Gasteiger partial charge is 0.408 e. The number of morpholine rings is 1. The van der Waals surface area contributed by atoms with Crippen LogP contribution in [-0.4, -0.2) is 84.5 Å². The van der Waals surface area contributed by atoms with Crippen LogP contribution in [0.2, 0.25) is 0 Å². The first-order valence-electron chi connectivity index (χ1n) is 11.5. The lowest BCUT2D eigenvalue weighted by Crippen LogP contribution is -2.50. The van der Waals surface area contributed by atoms with Crippen molar-refractivity contribution in [2.75, 3.05) is 39.5 Å². The molecule has 0 saturated carbocycles. The highest BCUT2D eigenvalue weighted by molar-refractivity contribution is 5.86. The Labute approximate surface area is 197 Å². The zero-order valence-corrected chi connectivity index (χ0v) is 18.7. The summed E-state index contributed by atoms with van der Waals surface area (Å²) in [6, 6.07) is 14.8. The second kappa shape index (κ2) is 9.34. The maximum Gasteiger partial charge on any atom is 0.408 e. The van der Waals surface area contributed by atoms with Crippen molar-refractivity contribution in [3.63, 3.8) is 0 Å². The van der Waals surface area contributed by atoms with Crippen molar-refractivity contribution >= 4 is 18.1 Å². The molecule has 1 aliphatic carbocycles. The molecule has 0 aromatic heterocycles. The molecule has 0 unspecified atom stereocenters. The Morgan fingerprint density at radius 2 is 1.62 bits per heavy atom. The summed E-state index contributed by atoms with van der Waals surface area (Å²) in [6.07, 6.45) is -1.58. The van der Waals surface area contributed by atoms with Gasteiger partial charge in [-0.15, -0.1) is 0 Å². The third-order valence-corrected chi connectivity index (χ3v) is 6.82. The Morgan fingerprint density at radius 1 is 1.00 bits per heavy atom. The number of nitrogens with one attached hydrogen (secondary N) is 1. The largest absolute Gasteiger partial charge is 0.465 e. The second-order valence-electron chi connectivity index (χ2n) is 8.79. The standard InChI is InChI=1S/C25H27N3O6/c29-23(27-9-11-33-12-10-27)22-13-16(14-28(22)25(31)32)26-24(30)34-15-21-19-7-3-1-5-17(19)18-6-2-4-8-20(18)21/h1-8,16,21-22H,9-15H2,(H,26,30)(H,31,32)/t16-,22-/m0/s1. The minimum absolute atomic E-state index is 0.0419. The summed E-state index contributed by atoms with van der Waals surface area (Å²) in [7, 11) is 0. The molecule has 3 aliphatic rings. The van der Waals surface area contributed by atoms with Crippen molar-refractivity contribution in [3.8, 4) is 11.1 Å². The first kappa shape index (κ1) is 22.2. The van der Waals surface area contributed by atoms with E-state index in [-0.39, 0.29) is 31.4 Å². The fourth-order valence-corrected chi connectivity index (χ4v) is 5.19. The molecular formula is C25H27N3O6. The molecular weight excluding hydrogens is 438 g/mol. The molecule has 2 saturated heterocycles. The van der Waals surface area contributed by atoms with E-state index in [4.69, 9.17) is 9.47 Å². The highest BCUT2D eigenvalue weighted by Gasteiger charge is 2.42. The van der Waals surface area contributed by atoms with Crippen LogP contribution in [0.5, 0.6) is 0 Å². The van der Waals surface area contributed by atoms with Crippen LogP contribution in [0.25, 0.3) is 11.1 Å². The molecule has 178 valence electrons. The number of likely N-dealkylation sites (tertiary alicyclic amines) is 1. The molecule has 5 rings (SSSR count). The highest BCUT2D eigenvalue weighted by atomic mass is 16.5. The van der Waals surface area contributed by atoms with Gasteiger partial charge in [-0.3, -0.25) is 9.69 Å². The quantitative estimate of drug-likeness (QED) is 0.718. The third-order valence-electron chi connectivity index (χ3n) is 6.82. The Kier molecular flexibility index (Phi) is 6.10. The van der Waals surface area contributed by atoms with Crippen molar-refractivity contribution in [3.05, 3.63) is 59.7 Å². The van der Waals surface area contributed by atoms with E-state index in [2.05, 4.69) is 17.4 Å². The van der Waals surface area contributed by atoms with Gasteiger partial charge in [-0.05, 0) is 28.7 Å². The molecule has 9 nitrogen and oxygen atoms in total. The van der Waals surface area contributed by atoms with E-state index in [9.17, 15) is 19.5 Å². The molecule has 0 radical (unpaired) electrons. The summed E-state index contributed by atoms with van der Waals surface area (Å²) in [6.45, 7) is 1.96. The van der Waals surface area contributed by atoms with Gasteiger partial charge in [-0.1, -0.05) is 48.5 Å². The number of carbonyl (C=O) groups excluding carboxylic acids is 2. The van der Waals surface area contributed by atoms with Crippen molar-refractivity contribution in [2.45, 2.75) is 24.4 Å². The van der Waals surface area contributed by atoms with Crippen LogP contribution in [0.1, 0.15) is 23.5 Å². The molecule has 0 bridgehead atoms. The van der Waals surface area contributed by atoms with Crippen molar-refractivity contribution in [2.24, 2.45) is 0 Å². The summed E-state index contributed by atoms with van der Waals surface area (Å²) in [5.41, 5.74) is 4.52. The molecule has 2 aromatic rings. The molecule has 0 spiro atoms. The lowest BCUT2D eigenvalue weighted by atomic mass is 9.98. The Morgan fingerprint density at radius 3 is 2.24 bits per heavy atom. The number of ether oxygens (including phenoxy) is 2. The van der Waals surface area contributed by atoms with E-state index in [0.717, 1.165) is 27.2 Å². The van der Waals surface area contributed by atoms with E-state index in [1.807, 2.05) is 36.4 Å². The van der Waals surface area contributed by atoms with E-state index in [0.29, 0.717) is 26.3 Å². The zero-order chi connectivity index (χ0) is 23.7. The van der Waals surface area contributed by atoms with E-state index in [1.165, 1.54) is 0 Å². The maximum absolute atomic E-state index is 12.9. The predicted molar refractivity (Wildman–Crippen MR) is 123 cm³/mol. The predicted octanol–water partition coefficient (Wildman–Crippen LogP) is 2.50. The summed E-state index contributed by atoms with van der Waals surface area (Å²) >= 11 is 0. The molecule has 34 heavy (non-hydrogen) atoms. The van der Waals surface area contributed by atoms with Gasteiger partial charge in [0.1, 0.15) is 12.6 Å². The van der Waals surface area contributed by atoms with Gasteiger partial charge in [0.15, 0.2) is 0 Å². The number of fused-ring (bicyclic) bond motifs is 3. The number of carboxylic acid groups (broad SMARTS) is 1. The topological polar surface area (TPSA) is 108 Å². The van der Waals surface area contributed by atoms with Crippen LogP contribution in [0.15, 0.2) is 48.5 Å². The van der Waals surface area contributed by atoms with Crippen LogP contribution in [0.4, 0.5) is 9.59 Å². The number of hydrogen-bond donors (Lipinski definition) is 2. The van der Waals surface area contributed by atoms with E-state index in [1.54, 1.807) is 4.90 Å². The number of carbonyl (C=O) groups is 3. The average Bonchev–Trinajstić information content (AvgIpc) is 3.42. The van der Waals surface area contributed by atoms with Crippen molar-refractivity contribution in [1.29, 1.82) is 0 Å². The fourth-order valence-electron chi connectivity index (χ4n) is 5.19. The van der Waals surface area contributed by atoms with Gasteiger partial charge >= 0.3 is 12.2 Å². The summed E-state index contributed by atoms with van der Waals surface area (Å²) < 4.78 is 10.9. The number of amides is 3. The lowest BCUT2D eigenvalue weighted by molar-refractivity contribution is -0.139. The number of benzene rings is 2. The summed E-state index contributed by atoms with van der Waals surface area (Å²) in [5, 5.41) is 12.4. The normalized spacial score (nSPS) is 21.6. The first-order valence-corrected chi connectivity index (χ1v) is 11.5. The third kappa shape index (κ3) is 4.19. The second-order valence-corrected chi connectivity index (χ2v) is 8.79. The zero-order valence-electron chi connectivity index (χ0n) is 18.7. The molecule has 2 heterocycles. The number of alkyl carbamates (subject to hydrolysis) is 1. The Bertz CT molecular complexity index is 1050. The maximum atomic E-state index is 12.9. The molecule has 3 amide bonds. The van der Waals surface area contributed by atoms with Crippen molar-refractivity contribution < 1.29 is 29.0 Å². The van der Waals surface area contributed by atoms with Crippen molar-refractivity contribution in [1.82, 2.24) is 15.1 Å². The highest BCUT2D eigenvalue weighted by Crippen LogP contribution is 2.44. The van der Waals surface area contributed by atoms with Crippen LogP contribution in [-0.2, 0) is 14.3 Å². The minimum Gasteiger partial charge on any atom is -0.465 e. The van der Waals surface area contributed by atoms with Gasteiger partial charge in [0.2, 0.25) is 5.91 Å².